The maximum atomic E-state index is 12.5. The summed E-state index contributed by atoms with van der Waals surface area (Å²) < 4.78 is 11.7. The summed E-state index contributed by atoms with van der Waals surface area (Å²) in [7, 11) is 0. The van der Waals surface area contributed by atoms with Gasteiger partial charge in [-0.25, -0.2) is 0 Å². The molecule has 0 atom stereocenters. The zero-order valence-corrected chi connectivity index (χ0v) is 14.2. The Morgan fingerprint density at radius 1 is 1.26 bits per heavy atom. The molecule has 0 bridgehead atoms. The molecular weight excluding hydrogens is 360 g/mol. The van der Waals surface area contributed by atoms with Crippen molar-refractivity contribution in [2.45, 2.75) is 25.8 Å². The van der Waals surface area contributed by atoms with Crippen LogP contribution >= 0.6 is 15.9 Å². The van der Waals surface area contributed by atoms with Crippen LogP contribution in [0.1, 0.15) is 23.2 Å². The number of halogens is 1. The minimum Gasteiger partial charge on any atom is -0.454 e. The van der Waals surface area contributed by atoms with Crippen LogP contribution in [0.3, 0.4) is 0 Å². The first kappa shape index (κ1) is 14.6. The lowest BCUT2D eigenvalue weighted by Gasteiger charge is -2.27. The number of nitrogens with zero attached hydrogens (tertiary/aromatic N) is 1. The van der Waals surface area contributed by atoms with Crippen molar-refractivity contribution in [2.75, 3.05) is 13.3 Å². The third kappa shape index (κ3) is 2.95. The number of aryl methyl sites for hydroxylation is 1. The highest BCUT2D eigenvalue weighted by molar-refractivity contribution is 9.10. The zero-order chi connectivity index (χ0) is 15.8. The SMILES string of the molecule is O=C(CCc1ccc2c(c1)OCO2)N1CCc2[nH]c(Br)cc2C1. The van der Waals surface area contributed by atoms with Crippen LogP contribution in [0.5, 0.6) is 11.5 Å². The molecule has 23 heavy (non-hydrogen) atoms. The van der Waals surface area contributed by atoms with Crippen LogP contribution in [0.15, 0.2) is 28.9 Å². The van der Waals surface area contributed by atoms with Gasteiger partial charge in [-0.1, -0.05) is 6.07 Å². The minimum absolute atomic E-state index is 0.200. The molecule has 0 saturated heterocycles. The van der Waals surface area contributed by atoms with E-state index in [4.69, 9.17) is 9.47 Å². The van der Waals surface area contributed by atoms with E-state index in [1.807, 2.05) is 23.1 Å². The number of H-pyrrole nitrogens is 1. The zero-order valence-electron chi connectivity index (χ0n) is 12.6. The Morgan fingerprint density at radius 3 is 3.04 bits per heavy atom. The average molecular weight is 377 g/mol. The number of aromatic amines is 1. The maximum Gasteiger partial charge on any atom is 0.231 e. The number of rotatable bonds is 3. The highest BCUT2D eigenvalue weighted by Crippen LogP contribution is 2.33. The maximum absolute atomic E-state index is 12.5. The van der Waals surface area contributed by atoms with E-state index in [9.17, 15) is 4.79 Å². The summed E-state index contributed by atoms with van der Waals surface area (Å²) in [5, 5.41) is 0. The van der Waals surface area contributed by atoms with Gasteiger partial charge in [-0.3, -0.25) is 4.79 Å². The van der Waals surface area contributed by atoms with Gasteiger partial charge in [0.2, 0.25) is 12.7 Å². The lowest BCUT2D eigenvalue weighted by atomic mass is 10.1. The first-order valence-electron chi connectivity index (χ1n) is 7.71. The van der Waals surface area contributed by atoms with Crippen LogP contribution in [0.25, 0.3) is 0 Å². The van der Waals surface area contributed by atoms with Gasteiger partial charge >= 0.3 is 0 Å². The van der Waals surface area contributed by atoms with Crippen molar-refractivity contribution in [1.82, 2.24) is 9.88 Å². The second-order valence-electron chi connectivity index (χ2n) is 5.87. The van der Waals surface area contributed by atoms with E-state index < -0.39 is 0 Å². The molecule has 6 heteroatoms. The quantitative estimate of drug-likeness (QED) is 0.895. The molecule has 0 fully saturated rings. The second kappa shape index (κ2) is 5.92. The van der Waals surface area contributed by atoms with Gasteiger partial charge in [-0.2, -0.15) is 0 Å². The van der Waals surface area contributed by atoms with Crippen molar-refractivity contribution in [3.8, 4) is 11.5 Å². The predicted octanol–water partition coefficient (Wildman–Crippen LogP) is 3.02. The van der Waals surface area contributed by atoms with Crippen molar-refractivity contribution in [3.05, 3.63) is 45.7 Å². The molecule has 0 saturated carbocycles. The smallest absolute Gasteiger partial charge is 0.231 e. The fourth-order valence-corrected chi connectivity index (χ4v) is 3.63. The molecule has 1 aromatic carbocycles. The number of fused-ring (bicyclic) bond motifs is 2. The fourth-order valence-electron chi connectivity index (χ4n) is 3.11. The molecule has 0 aliphatic carbocycles. The summed E-state index contributed by atoms with van der Waals surface area (Å²) >= 11 is 3.45. The molecule has 5 nitrogen and oxygen atoms in total. The Morgan fingerprint density at radius 2 is 2.13 bits per heavy atom. The van der Waals surface area contributed by atoms with Crippen molar-refractivity contribution in [3.63, 3.8) is 0 Å². The number of ether oxygens (including phenoxy) is 2. The predicted molar refractivity (Wildman–Crippen MR) is 88.5 cm³/mol. The topological polar surface area (TPSA) is 54.6 Å². The van der Waals surface area contributed by atoms with Crippen molar-refractivity contribution < 1.29 is 14.3 Å². The number of amides is 1. The Kier molecular flexibility index (Phi) is 3.77. The van der Waals surface area contributed by atoms with Gasteiger partial charge in [-0.05, 0) is 51.7 Å². The van der Waals surface area contributed by atoms with E-state index in [0.717, 1.165) is 41.1 Å². The third-order valence-corrected chi connectivity index (χ3v) is 4.80. The molecule has 0 radical (unpaired) electrons. The molecule has 2 aliphatic heterocycles. The van der Waals surface area contributed by atoms with Crippen LogP contribution in [0.4, 0.5) is 0 Å². The highest BCUT2D eigenvalue weighted by atomic mass is 79.9. The lowest BCUT2D eigenvalue weighted by Crippen LogP contribution is -2.35. The van der Waals surface area contributed by atoms with E-state index in [1.54, 1.807) is 0 Å². The van der Waals surface area contributed by atoms with Crippen molar-refractivity contribution in [1.29, 1.82) is 0 Å². The summed E-state index contributed by atoms with van der Waals surface area (Å²) in [4.78, 5) is 17.7. The van der Waals surface area contributed by atoms with Gasteiger partial charge in [-0.15, -0.1) is 0 Å². The molecule has 0 unspecified atom stereocenters. The molecule has 4 rings (SSSR count). The number of benzene rings is 1. The van der Waals surface area contributed by atoms with Gasteiger partial charge in [0, 0.05) is 31.6 Å². The van der Waals surface area contributed by atoms with Crippen molar-refractivity contribution in [2.24, 2.45) is 0 Å². The van der Waals surface area contributed by atoms with E-state index in [2.05, 4.69) is 27.0 Å². The summed E-state index contributed by atoms with van der Waals surface area (Å²) in [6, 6.07) is 7.94. The van der Waals surface area contributed by atoms with Gasteiger partial charge in [0.05, 0.1) is 4.60 Å². The normalized spacial score (nSPS) is 15.6. The summed E-state index contributed by atoms with van der Waals surface area (Å²) in [6.45, 7) is 1.75. The van der Waals surface area contributed by atoms with Crippen LogP contribution in [0.2, 0.25) is 0 Å². The molecule has 0 spiro atoms. The molecular formula is C17H17BrN2O3. The van der Waals surface area contributed by atoms with Gasteiger partial charge in [0.1, 0.15) is 0 Å². The van der Waals surface area contributed by atoms with Gasteiger partial charge in [0.25, 0.3) is 0 Å². The minimum atomic E-state index is 0.200. The summed E-state index contributed by atoms with van der Waals surface area (Å²) in [6.07, 6.45) is 2.12. The van der Waals surface area contributed by atoms with E-state index >= 15 is 0 Å². The Bertz CT molecular complexity index is 756. The molecule has 1 amide bonds. The molecule has 3 heterocycles. The fraction of sp³-hybridized carbons (Fsp3) is 0.353. The Hall–Kier alpha value is -1.95. The molecule has 1 aromatic heterocycles. The number of carbonyl (C=O) groups is 1. The largest absolute Gasteiger partial charge is 0.454 e. The second-order valence-corrected chi connectivity index (χ2v) is 6.73. The van der Waals surface area contributed by atoms with Crippen LogP contribution < -0.4 is 9.47 Å². The number of hydrogen-bond donors (Lipinski definition) is 1. The van der Waals surface area contributed by atoms with E-state index in [1.165, 1.54) is 11.3 Å². The van der Waals surface area contributed by atoms with E-state index in [0.29, 0.717) is 13.0 Å². The number of aromatic nitrogens is 1. The summed E-state index contributed by atoms with van der Waals surface area (Å²) in [5.41, 5.74) is 3.54. The molecule has 120 valence electrons. The Labute approximate surface area is 142 Å². The van der Waals surface area contributed by atoms with Gasteiger partial charge in [0.15, 0.2) is 11.5 Å². The highest BCUT2D eigenvalue weighted by Gasteiger charge is 2.22. The monoisotopic (exact) mass is 376 g/mol. The molecule has 1 N–H and O–H groups in total. The lowest BCUT2D eigenvalue weighted by molar-refractivity contribution is -0.132. The average Bonchev–Trinajstić information content (AvgIpc) is 3.16. The molecule has 2 aliphatic rings. The summed E-state index contributed by atoms with van der Waals surface area (Å²) in [5.74, 6) is 1.75. The number of carbonyl (C=O) groups excluding carboxylic acids is 1. The Balaban J connectivity index is 1.37. The van der Waals surface area contributed by atoms with Crippen LogP contribution in [-0.2, 0) is 24.2 Å². The first-order chi connectivity index (χ1) is 11.2. The first-order valence-corrected chi connectivity index (χ1v) is 8.51. The van der Waals surface area contributed by atoms with Crippen LogP contribution in [0, 0.1) is 0 Å². The van der Waals surface area contributed by atoms with Crippen molar-refractivity contribution >= 4 is 21.8 Å². The number of nitrogens with one attached hydrogen (secondary N) is 1. The number of hydrogen-bond acceptors (Lipinski definition) is 3. The van der Waals surface area contributed by atoms with Gasteiger partial charge < -0.3 is 19.4 Å². The van der Waals surface area contributed by atoms with E-state index in [-0.39, 0.29) is 12.7 Å². The van der Waals surface area contributed by atoms with Crippen LogP contribution in [-0.4, -0.2) is 29.1 Å². The molecule has 2 aromatic rings. The standard InChI is InChI=1S/C17H17BrN2O3/c18-16-8-12-9-20(6-5-13(12)19-16)17(21)4-2-11-1-3-14-15(7-11)23-10-22-14/h1,3,7-8,19H,2,4-6,9-10H2. The third-order valence-electron chi connectivity index (χ3n) is 4.37.